The zero-order chi connectivity index (χ0) is 13.2. The lowest BCUT2D eigenvalue weighted by molar-refractivity contribution is 0.0910. The Morgan fingerprint density at radius 2 is 2.11 bits per heavy atom. The molecule has 0 radical (unpaired) electrons. The van der Waals surface area contributed by atoms with Crippen LogP contribution in [-0.4, -0.2) is 16.8 Å². The van der Waals surface area contributed by atoms with E-state index in [2.05, 4.69) is 21.2 Å². The second-order valence-electron chi connectivity index (χ2n) is 5.04. The van der Waals surface area contributed by atoms with Crippen LogP contribution in [-0.2, 0) is 0 Å². The van der Waals surface area contributed by atoms with Crippen molar-refractivity contribution in [2.24, 2.45) is 0 Å². The van der Waals surface area contributed by atoms with Gasteiger partial charge in [-0.2, -0.15) is 0 Å². The summed E-state index contributed by atoms with van der Waals surface area (Å²) in [6, 6.07) is 4.62. The van der Waals surface area contributed by atoms with Crippen LogP contribution in [0.2, 0.25) is 0 Å². The highest BCUT2D eigenvalue weighted by atomic mass is 79.9. The number of hydrogen-bond acceptors (Lipinski definition) is 1. The van der Waals surface area contributed by atoms with Gasteiger partial charge in [0, 0.05) is 10.9 Å². The van der Waals surface area contributed by atoms with E-state index in [9.17, 15) is 9.18 Å². The predicted molar refractivity (Wildman–Crippen MR) is 73.6 cm³/mol. The van der Waals surface area contributed by atoms with E-state index >= 15 is 0 Å². The van der Waals surface area contributed by atoms with E-state index in [0.29, 0.717) is 11.1 Å². The van der Waals surface area contributed by atoms with Crippen LogP contribution >= 0.6 is 15.9 Å². The van der Waals surface area contributed by atoms with Gasteiger partial charge in [-0.3, -0.25) is 4.79 Å². The first kappa shape index (κ1) is 13.5. The van der Waals surface area contributed by atoms with Crippen molar-refractivity contribution < 1.29 is 9.18 Å². The van der Waals surface area contributed by atoms with E-state index in [1.807, 2.05) is 0 Å². The van der Waals surface area contributed by atoms with Crippen molar-refractivity contribution in [3.05, 3.63) is 35.1 Å². The fraction of sp³-hybridized carbons (Fsp3) is 0.500. The molecule has 4 heteroatoms. The topological polar surface area (TPSA) is 29.1 Å². The number of alkyl halides is 1. The fourth-order valence-electron chi connectivity index (χ4n) is 2.39. The smallest absolute Gasteiger partial charge is 0.251 e. The minimum atomic E-state index is -0.332. The van der Waals surface area contributed by atoms with Gasteiger partial charge < -0.3 is 5.32 Å². The number of halogens is 2. The zero-order valence-corrected chi connectivity index (χ0v) is 12.0. The van der Waals surface area contributed by atoms with Crippen molar-refractivity contribution in [1.29, 1.82) is 0 Å². The highest BCUT2D eigenvalue weighted by molar-refractivity contribution is 9.09. The van der Waals surface area contributed by atoms with E-state index in [-0.39, 0.29) is 17.3 Å². The summed E-state index contributed by atoms with van der Waals surface area (Å²) >= 11 is 3.47. The van der Waals surface area contributed by atoms with Gasteiger partial charge in [-0.1, -0.05) is 34.8 Å². The molecule has 1 aliphatic carbocycles. The highest BCUT2D eigenvalue weighted by Crippen LogP contribution is 2.31. The number of amides is 1. The van der Waals surface area contributed by atoms with Gasteiger partial charge in [0.25, 0.3) is 5.91 Å². The molecule has 1 N–H and O–H groups in total. The third-order valence-corrected chi connectivity index (χ3v) is 4.70. The molecular weight excluding hydrogens is 297 g/mol. The van der Waals surface area contributed by atoms with Crippen LogP contribution < -0.4 is 5.32 Å². The summed E-state index contributed by atoms with van der Waals surface area (Å²) in [4.78, 5) is 12.1. The van der Waals surface area contributed by atoms with Crippen LogP contribution in [0.4, 0.5) is 4.39 Å². The average molecular weight is 314 g/mol. The summed E-state index contributed by atoms with van der Waals surface area (Å²) in [6.07, 6.45) is 4.24. The van der Waals surface area contributed by atoms with E-state index < -0.39 is 0 Å². The number of benzene rings is 1. The molecule has 1 aromatic carbocycles. The normalized spacial score (nSPS) is 17.7. The number of hydrogen-bond donors (Lipinski definition) is 1. The molecule has 1 amide bonds. The van der Waals surface area contributed by atoms with Crippen LogP contribution in [0.3, 0.4) is 0 Å². The Kier molecular flexibility index (Phi) is 4.05. The molecule has 0 bridgehead atoms. The van der Waals surface area contributed by atoms with Gasteiger partial charge in [-0.05, 0) is 37.5 Å². The van der Waals surface area contributed by atoms with Crippen LogP contribution in [0.15, 0.2) is 18.2 Å². The van der Waals surface area contributed by atoms with Gasteiger partial charge in [0.1, 0.15) is 5.82 Å². The summed E-state index contributed by atoms with van der Waals surface area (Å²) in [5.74, 6) is -0.516. The first-order valence-electron chi connectivity index (χ1n) is 6.21. The summed E-state index contributed by atoms with van der Waals surface area (Å²) < 4.78 is 13.4. The number of carbonyl (C=O) groups excluding carboxylic acids is 1. The SMILES string of the molecule is Cc1ccc(C(=O)NC2(CBr)CCCC2)cc1F. The van der Waals surface area contributed by atoms with E-state index in [1.54, 1.807) is 19.1 Å². The van der Waals surface area contributed by atoms with Gasteiger partial charge in [0.15, 0.2) is 0 Å². The van der Waals surface area contributed by atoms with Gasteiger partial charge in [-0.15, -0.1) is 0 Å². The van der Waals surface area contributed by atoms with Crippen molar-refractivity contribution in [2.45, 2.75) is 38.1 Å². The molecule has 98 valence electrons. The van der Waals surface area contributed by atoms with Crippen molar-refractivity contribution >= 4 is 21.8 Å². The Hall–Kier alpha value is -0.900. The molecule has 1 aliphatic rings. The van der Waals surface area contributed by atoms with Crippen molar-refractivity contribution in [1.82, 2.24) is 5.32 Å². The molecule has 2 rings (SSSR count). The van der Waals surface area contributed by atoms with Crippen LogP contribution in [0.5, 0.6) is 0 Å². The van der Waals surface area contributed by atoms with Gasteiger partial charge in [0.05, 0.1) is 5.54 Å². The Morgan fingerprint density at radius 3 is 2.67 bits per heavy atom. The minimum Gasteiger partial charge on any atom is -0.346 e. The summed E-state index contributed by atoms with van der Waals surface area (Å²) in [5.41, 5.74) is 0.797. The molecule has 1 saturated carbocycles. The largest absolute Gasteiger partial charge is 0.346 e. The predicted octanol–water partition coefficient (Wildman–Crippen LogP) is 3.57. The number of rotatable bonds is 3. The van der Waals surface area contributed by atoms with Crippen LogP contribution in [0, 0.1) is 12.7 Å². The number of carbonyl (C=O) groups is 1. The van der Waals surface area contributed by atoms with E-state index in [1.165, 1.54) is 6.07 Å². The standard InChI is InChI=1S/C14H17BrFNO/c1-10-4-5-11(8-12(10)16)13(18)17-14(9-15)6-2-3-7-14/h4-5,8H,2-3,6-7,9H2,1H3,(H,17,18). The fourth-order valence-corrected chi connectivity index (χ4v) is 3.09. The first-order valence-corrected chi connectivity index (χ1v) is 7.33. The van der Waals surface area contributed by atoms with Crippen LogP contribution in [0.1, 0.15) is 41.6 Å². The summed E-state index contributed by atoms with van der Waals surface area (Å²) in [5, 5.41) is 3.80. The molecule has 1 fully saturated rings. The van der Waals surface area contributed by atoms with Gasteiger partial charge in [0.2, 0.25) is 0 Å². The van der Waals surface area contributed by atoms with E-state index in [4.69, 9.17) is 0 Å². The van der Waals surface area contributed by atoms with Crippen LogP contribution in [0.25, 0.3) is 0 Å². The molecular formula is C14H17BrFNO. The molecule has 0 spiro atoms. The van der Waals surface area contributed by atoms with E-state index in [0.717, 1.165) is 31.0 Å². The monoisotopic (exact) mass is 313 g/mol. The third kappa shape index (κ3) is 2.74. The van der Waals surface area contributed by atoms with Crippen molar-refractivity contribution in [2.75, 3.05) is 5.33 Å². The number of nitrogens with one attached hydrogen (secondary N) is 1. The third-order valence-electron chi connectivity index (χ3n) is 3.63. The first-order chi connectivity index (χ1) is 8.56. The molecule has 1 aromatic rings. The lowest BCUT2D eigenvalue weighted by Gasteiger charge is -2.28. The Balaban J connectivity index is 2.13. The average Bonchev–Trinajstić information content (AvgIpc) is 2.82. The zero-order valence-electron chi connectivity index (χ0n) is 10.4. The van der Waals surface area contributed by atoms with Gasteiger partial charge >= 0.3 is 0 Å². The summed E-state index contributed by atoms with van der Waals surface area (Å²) in [6.45, 7) is 1.69. The Labute approximate surface area is 115 Å². The molecule has 0 aliphatic heterocycles. The molecule has 0 unspecified atom stereocenters. The minimum absolute atomic E-state index is 0.154. The quantitative estimate of drug-likeness (QED) is 0.849. The number of aryl methyl sites for hydroxylation is 1. The molecule has 18 heavy (non-hydrogen) atoms. The molecule has 0 saturated heterocycles. The molecule has 0 heterocycles. The summed E-state index contributed by atoms with van der Waals surface area (Å²) in [7, 11) is 0. The lowest BCUT2D eigenvalue weighted by atomic mass is 9.99. The second-order valence-corrected chi connectivity index (χ2v) is 5.60. The van der Waals surface area contributed by atoms with Crippen molar-refractivity contribution in [3.8, 4) is 0 Å². The van der Waals surface area contributed by atoms with Gasteiger partial charge in [-0.25, -0.2) is 4.39 Å². The molecule has 2 nitrogen and oxygen atoms in total. The maximum Gasteiger partial charge on any atom is 0.251 e. The Morgan fingerprint density at radius 1 is 1.44 bits per heavy atom. The van der Waals surface area contributed by atoms with Crippen molar-refractivity contribution in [3.63, 3.8) is 0 Å². The second kappa shape index (κ2) is 5.39. The maximum absolute atomic E-state index is 13.4. The lowest BCUT2D eigenvalue weighted by Crippen LogP contribution is -2.47. The molecule has 0 atom stereocenters. The highest BCUT2D eigenvalue weighted by Gasteiger charge is 2.34. The molecule has 0 aromatic heterocycles. The Bertz CT molecular complexity index is 455. The maximum atomic E-state index is 13.4.